The van der Waals surface area contributed by atoms with Gasteiger partial charge in [-0.05, 0) is 25.0 Å². The highest BCUT2D eigenvalue weighted by Crippen LogP contribution is 2.33. The van der Waals surface area contributed by atoms with Crippen molar-refractivity contribution in [3.63, 3.8) is 0 Å². The lowest BCUT2D eigenvalue weighted by molar-refractivity contribution is -0.117. The Hall–Kier alpha value is -0.540. The van der Waals surface area contributed by atoms with Gasteiger partial charge in [-0.15, -0.1) is 11.8 Å². The molecule has 2 rings (SSSR count). The number of benzene rings is 1. The highest BCUT2D eigenvalue weighted by Gasteiger charge is 2.30. The zero-order valence-electron chi connectivity index (χ0n) is 8.87. The Labute approximate surface area is 103 Å². The van der Waals surface area contributed by atoms with E-state index in [0.717, 1.165) is 0 Å². The van der Waals surface area contributed by atoms with Crippen molar-refractivity contribution in [3.8, 4) is 0 Å². The van der Waals surface area contributed by atoms with Gasteiger partial charge in [0, 0.05) is 11.7 Å². The maximum absolute atomic E-state index is 13.6. The lowest BCUT2D eigenvalue weighted by Crippen LogP contribution is -2.06. The number of halogens is 2. The molecule has 1 aliphatic heterocycles. The molecule has 2 unspecified atom stereocenters. The fraction of sp³-hybridized carbons (Fsp3) is 0.417. The van der Waals surface area contributed by atoms with E-state index in [-0.39, 0.29) is 27.1 Å². The number of thioether (sulfide) groups is 1. The van der Waals surface area contributed by atoms with Gasteiger partial charge < -0.3 is 0 Å². The minimum Gasteiger partial charge on any atom is -0.298 e. The highest BCUT2D eigenvalue weighted by molar-refractivity contribution is 8.01. The molecule has 0 spiro atoms. The number of carbonyl (C=O) groups excluding carboxylic acids is 1. The van der Waals surface area contributed by atoms with E-state index in [1.165, 1.54) is 6.07 Å². The Bertz CT molecular complexity index is 421. The molecule has 1 aromatic rings. The predicted octanol–water partition coefficient (Wildman–Crippen LogP) is 3.48. The van der Waals surface area contributed by atoms with E-state index in [1.807, 2.05) is 6.92 Å². The first kappa shape index (κ1) is 11.9. The molecule has 0 radical (unpaired) electrons. The van der Waals surface area contributed by atoms with E-state index >= 15 is 0 Å². The highest BCUT2D eigenvalue weighted by atomic mass is 35.5. The van der Waals surface area contributed by atoms with E-state index in [9.17, 15) is 9.18 Å². The third-order valence-electron chi connectivity index (χ3n) is 2.76. The van der Waals surface area contributed by atoms with Gasteiger partial charge in [-0.2, -0.15) is 0 Å². The van der Waals surface area contributed by atoms with Crippen LogP contribution in [0.4, 0.5) is 4.39 Å². The van der Waals surface area contributed by atoms with Crippen LogP contribution in [0.25, 0.3) is 0 Å². The SMILES string of the molecule is CC1SC(Cc2cccc(Cl)c2F)CC1=O. The van der Waals surface area contributed by atoms with Crippen LogP contribution >= 0.6 is 23.4 Å². The number of carbonyl (C=O) groups is 1. The standard InChI is InChI=1S/C12H12ClFOS/c1-7-11(15)6-9(16-7)5-8-3-2-4-10(13)12(8)14/h2-4,7,9H,5-6H2,1H3. The van der Waals surface area contributed by atoms with Gasteiger partial charge in [0.25, 0.3) is 0 Å². The Morgan fingerprint density at radius 3 is 2.94 bits per heavy atom. The number of Topliss-reactive ketones (excluding diaryl/α,β-unsaturated/α-hetero) is 1. The molecule has 0 aliphatic carbocycles. The quantitative estimate of drug-likeness (QED) is 0.808. The second-order valence-electron chi connectivity index (χ2n) is 3.99. The Morgan fingerprint density at radius 2 is 2.31 bits per heavy atom. The van der Waals surface area contributed by atoms with Gasteiger partial charge in [-0.25, -0.2) is 4.39 Å². The van der Waals surface area contributed by atoms with Crippen LogP contribution in [0.3, 0.4) is 0 Å². The average molecular weight is 259 g/mol. The van der Waals surface area contributed by atoms with Crippen LogP contribution in [0.15, 0.2) is 18.2 Å². The van der Waals surface area contributed by atoms with Gasteiger partial charge in [0.15, 0.2) is 0 Å². The minimum absolute atomic E-state index is 0.0484. The van der Waals surface area contributed by atoms with Crippen LogP contribution in [-0.4, -0.2) is 16.3 Å². The van der Waals surface area contributed by atoms with Crippen molar-refractivity contribution in [2.45, 2.75) is 30.3 Å². The molecule has 0 amide bonds. The summed E-state index contributed by atoms with van der Waals surface area (Å²) in [5.74, 6) is -0.0887. The van der Waals surface area contributed by atoms with Crippen LogP contribution in [-0.2, 0) is 11.2 Å². The van der Waals surface area contributed by atoms with E-state index < -0.39 is 0 Å². The summed E-state index contributed by atoms with van der Waals surface area (Å²) >= 11 is 7.33. The zero-order chi connectivity index (χ0) is 11.7. The summed E-state index contributed by atoms with van der Waals surface area (Å²) in [6.45, 7) is 1.90. The number of ketones is 1. The van der Waals surface area contributed by atoms with Crippen molar-refractivity contribution >= 4 is 29.1 Å². The summed E-state index contributed by atoms with van der Waals surface area (Å²) in [4.78, 5) is 11.4. The Morgan fingerprint density at radius 1 is 1.56 bits per heavy atom. The summed E-state index contributed by atoms with van der Waals surface area (Å²) in [5, 5.41) is 0.391. The molecular weight excluding hydrogens is 247 g/mol. The topological polar surface area (TPSA) is 17.1 Å². The maximum atomic E-state index is 13.6. The largest absolute Gasteiger partial charge is 0.298 e. The molecule has 86 valence electrons. The minimum atomic E-state index is -0.350. The third-order valence-corrected chi connectivity index (χ3v) is 4.44. The summed E-state index contributed by atoms with van der Waals surface area (Å²) in [6, 6.07) is 5.01. The Kier molecular flexibility index (Phi) is 3.55. The van der Waals surface area contributed by atoms with Gasteiger partial charge in [-0.3, -0.25) is 4.79 Å². The van der Waals surface area contributed by atoms with Crippen LogP contribution in [0.2, 0.25) is 5.02 Å². The lowest BCUT2D eigenvalue weighted by atomic mass is 10.1. The average Bonchev–Trinajstić information content (AvgIpc) is 2.54. The van der Waals surface area contributed by atoms with Crippen molar-refractivity contribution in [1.82, 2.24) is 0 Å². The second kappa shape index (κ2) is 4.76. The molecule has 0 saturated carbocycles. The molecule has 1 heterocycles. The van der Waals surface area contributed by atoms with E-state index in [4.69, 9.17) is 11.6 Å². The summed E-state index contributed by atoms with van der Waals surface area (Å²) in [5.41, 5.74) is 0.604. The molecule has 1 aliphatic rings. The normalized spacial score (nSPS) is 25.1. The molecule has 1 saturated heterocycles. The predicted molar refractivity (Wildman–Crippen MR) is 65.6 cm³/mol. The summed E-state index contributed by atoms with van der Waals surface area (Å²) in [7, 11) is 0. The van der Waals surface area contributed by atoms with Crippen molar-refractivity contribution in [1.29, 1.82) is 0 Å². The van der Waals surface area contributed by atoms with Gasteiger partial charge in [-0.1, -0.05) is 23.7 Å². The maximum Gasteiger partial charge on any atom is 0.146 e. The number of rotatable bonds is 2. The van der Waals surface area contributed by atoms with Gasteiger partial charge >= 0.3 is 0 Å². The fourth-order valence-electron chi connectivity index (χ4n) is 1.87. The number of hydrogen-bond donors (Lipinski definition) is 0. The van der Waals surface area contributed by atoms with E-state index in [1.54, 1.807) is 23.9 Å². The molecule has 0 aromatic heterocycles. The van der Waals surface area contributed by atoms with Crippen LogP contribution < -0.4 is 0 Å². The molecule has 1 aromatic carbocycles. The summed E-state index contributed by atoms with van der Waals surface area (Å²) < 4.78 is 13.6. The lowest BCUT2D eigenvalue weighted by Gasteiger charge is -2.09. The zero-order valence-corrected chi connectivity index (χ0v) is 10.4. The van der Waals surface area contributed by atoms with E-state index in [2.05, 4.69) is 0 Å². The van der Waals surface area contributed by atoms with Crippen molar-refractivity contribution in [2.75, 3.05) is 0 Å². The van der Waals surface area contributed by atoms with Crippen molar-refractivity contribution in [3.05, 3.63) is 34.6 Å². The van der Waals surface area contributed by atoms with Gasteiger partial charge in [0.2, 0.25) is 0 Å². The molecule has 0 bridgehead atoms. The first-order valence-corrected chi connectivity index (χ1v) is 6.51. The molecule has 0 N–H and O–H groups in total. The number of hydrogen-bond acceptors (Lipinski definition) is 2. The molecule has 1 nitrogen and oxygen atoms in total. The molecule has 16 heavy (non-hydrogen) atoms. The summed E-state index contributed by atoms with van der Waals surface area (Å²) in [6.07, 6.45) is 1.12. The van der Waals surface area contributed by atoms with Crippen molar-refractivity contribution < 1.29 is 9.18 Å². The van der Waals surface area contributed by atoms with Gasteiger partial charge in [0.1, 0.15) is 11.6 Å². The molecular formula is C12H12ClFOS. The van der Waals surface area contributed by atoms with Crippen LogP contribution in [0.5, 0.6) is 0 Å². The smallest absolute Gasteiger partial charge is 0.146 e. The molecule has 4 heteroatoms. The first-order chi connectivity index (χ1) is 7.58. The second-order valence-corrected chi connectivity index (χ2v) is 6.04. The Balaban J connectivity index is 2.10. The monoisotopic (exact) mass is 258 g/mol. The first-order valence-electron chi connectivity index (χ1n) is 5.19. The third kappa shape index (κ3) is 2.41. The molecule has 2 atom stereocenters. The van der Waals surface area contributed by atoms with Gasteiger partial charge in [0.05, 0.1) is 10.3 Å². The van der Waals surface area contributed by atoms with Crippen molar-refractivity contribution in [2.24, 2.45) is 0 Å². The molecule has 1 fully saturated rings. The van der Waals surface area contributed by atoms with Crippen LogP contribution in [0, 0.1) is 5.82 Å². The fourth-order valence-corrected chi connectivity index (χ4v) is 3.43. The van der Waals surface area contributed by atoms with E-state index in [0.29, 0.717) is 18.4 Å². The van der Waals surface area contributed by atoms with Crippen LogP contribution in [0.1, 0.15) is 18.9 Å².